The first kappa shape index (κ1) is 23.6. The fourth-order valence-electron chi connectivity index (χ4n) is 2.03. The summed E-state index contributed by atoms with van der Waals surface area (Å²) in [5.74, 6) is 0. The minimum atomic E-state index is -5.67. The molecule has 0 rings (SSSR count). The van der Waals surface area contributed by atoms with E-state index >= 15 is 0 Å². The van der Waals surface area contributed by atoms with Gasteiger partial charge in [-0.15, -0.1) is 0 Å². The Morgan fingerprint density at radius 3 is 1.13 bits per heavy atom. The van der Waals surface area contributed by atoms with Crippen LogP contribution in [0.3, 0.4) is 0 Å². The van der Waals surface area contributed by atoms with Gasteiger partial charge in [0.1, 0.15) is 0 Å². The zero-order valence-corrected chi connectivity index (χ0v) is 15.4. The maximum Gasteiger partial charge on any atom is 0.395 e. The van der Waals surface area contributed by atoms with Crippen molar-refractivity contribution in [1.82, 2.24) is 0 Å². The number of unbranched alkanes of at least 4 members (excludes halogenated alkanes) is 1. The van der Waals surface area contributed by atoms with Crippen LogP contribution in [-0.2, 0) is 18.3 Å². The van der Waals surface area contributed by atoms with E-state index in [1.165, 1.54) is 0 Å². The molecule has 0 saturated carbocycles. The summed E-state index contributed by atoms with van der Waals surface area (Å²) in [5.41, 5.74) is -6.02. The summed E-state index contributed by atoms with van der Waals surface area (Å²) in [4.78, 5) is 72.0. The number of hydrogen-bond acceptors (Lipinski definition) is 4. The standard InChI is InChI=1S/C6H19NO12P4/c1-2-3-4-7(5(20(8,9)10)21(11,12)13)6(22(14,15)16)23(17,18)19/h5-6H,2-4H2,1H3,(H2,8,9,10)(H2,11,12,13)(H2,14,15,16)(H2,17,18,19)/p+1. The van der Waals surface area contributed by atoms with Gasteiger partial charge in [0.2, 0.25) is 0 Å². The summed E-state index contributed by atoms with van der Waals surface area (Å²) < 4.78 is 45.7. The van der Waals surface area contributed by atoms with Crippen molar-refractivity contribution in [3.63, 3.8) is 0 Å². The van der Waals surface area contributed by atoms with Crippen LogP contribution in [0.15, 0.2) is 0 Å². The van der Waals surface area contributed by atoms with Crippen LogP contribution in [0.2, 0.25) is 0 Å². The summed E-state index contributed by atoms with van der Waals surface area (Å²) in [6, 6.07) is 0. The van der Waals surface area contributed by atoms with E-state index in [1.54, 1.807) is 6.92 Å². The Labute approximate surface area is 131 Å². The van der Waals surface area contributed by atoms with Gasteiger partial charge in [-0.25, -0.2) is 0 Å². The van der Waals surface area contributed by atoms with E-state index in [0.717, 1.165) is 0 Å². The third kappa shape index (κ3) is 7.13. The van der Waals surface area contributed by atoms with Crippen molar-refractivity contribution in [2.45, 2.75) is 30.8 Å². The lowest BCUT2D eigenvalue weighted by Gasteiger charge is -2.34. The summed E-state index contributed by atoms with van der Waals surface area (Å²) in [5, 5.41) is 0. The molecular formula is C6H20NO12P4+. The number of hydrogen-bond donors (Lipinski definition) is 9. The Hall–Kier alpha value is 0.560. The molecule has 0 aromatic carbocycles. The second-order valence-corrected chi connectivity index (χ2v) is 12.4. The predicted octanol–water partition coefficient (Wildman–Crippen LogP) is -2.05. The van der Waals surface area contributed by atoms with Crippen LogP contribution < -0.4 is 4.90 Å². The minimum Gasteiger partial charge on any atom is -0.320 e. The molecule has 0 aliphatic rings. The highest BCUT2D eigenvalue weighted by molar-refractivity contribution is 7.71. The van der Waals surface area contributed by atoms with Gasteiger partial charge in [0.15, 0.2) is 0 Å². The van der Waals surface area contributed by atoms with E-state index in [4.69, 9.17) is 39.1 Å². The van der Waals surface area contributed by atoms with Gasteiger partial charge < -0.3 is 39.1 Å². The Bertz CT molecular complexity index is 490. The van der Waals surface area contributed by atoms with Crippen LogP contribution in [-0.4, -0.2) is 56.7 Å². The van der Waals surface area contributed by atoms with Crippen molar-refractivity contribution in [3.8, 4) is 0 Å². The summed E-state index contributed by atoms with van der Waals surface area (Å²) in [6.07, 6.45) is 0.218. The molecule has 0 amide bonds. The normalized spacial score (nSPS) is 15.0. The molecule has 0 aromatic rings. The van der Waals surface area contributed by atoms with Crippen molar-refractivity contribution in [1.29, 1.82) is 0 Å². The molecule has 23 heavy (non-hydrogen) atoms. The highest BCUT2D eigenvalue weighted by Gasteiger charge is 2.61. The van der Waals surface area contributed by atoms with Crippen molar-refractivity contribution in [2.24, 2.45) is 0 Å². The zero-order chi connectivity index (χ0) is 18.9. The van der Waals surface area contributed by atoms with E-state index < -0.39 is 52.9 Å². The lowest BCUT2D eigenvalue weighted by atomic mass is 10.3. The Kier molecular flexibility index (Phi) is 8.04. The predicted molar refractivity (Wildman–Crippen MR) is 76.5 cm³/mol. The van der Waals surface area contributed by atoms with Gasteiger partial charge in [-0.1, -0.05) is 13.3 Å². The first-order valence-corrected chi connectivity index (χ1v) is 12.7. The number of rotatable bonds is 9. The fraction of sp³-hybridized carbons (Fsp3) is 1.00. The molecule has 17 heteroatoms. The molecule has 0 aliphatic carbocycles. The Morgan fingerprint density at radius 1 is 0.696 bits per heavy atom. The van der Waals surface area contributed by atoms with E-state index in [1.807, 2.05) is 0 Å². The van der Waals surface area contributed by atoms with Gasteiger partial charge >= 0.3 is 30.4 Å². The molecule has 9 N–H and O–H groups in total. The van der Waals surface area contributed by atoms with E-state index in [2.05, 4.69) is 0 Å². The average molecular weight is 422 g/mol. The van der Waals surface area contributed by atoms with E-state index in [-0.39, 0.29) is 12.8 Å². The zero-order valence-electron chi connectivity index (χ0n) is 11.8. The molecule has 140 valence electrons. The number of quaternary nitrogens is 1. The molecule has 0 aliphatic heterocycles. The second kappa shape index (κ2) is 7.85. The van der Waals surface area contributed by atoms with Gasteiger partial charge in [-0.05, 0) is 6.42 Å². The molecule has 13 nitrogen and oxygen atoms in total. The van der Waals surface area contributed by atoms with Crippen LogP contribution in [0, 0.1) is 0 Å². The third-order valence-electron chi connectivity index (χ3n) is 2.76. The molecule has 0 fully saturated rings. The van der Waals surface area contributed by atoms with Crippen molar-refractivity contribution < 1.29 is 62.3 Å². The Morgan fingerprint density at radius 2 is 0.957 bits per heavy atom. The summed E-state index contributed by atoms with van der Waals surface area (Å²) in [7, 11) is -22.7. The number of nitrogens with one attached hydrogen (secondary N) is 1. The van der Waals surface area contributed by atoms with Gasteiger partial charge in [0.25, 0.3) is 11.0 Å². The SMILES string of the molecule is CCCC[NH+](C(P(=O)(O)O)P(=O)(O)O)C(P(=O)(O)O)P(=O)(O)O. The molecule has 0 heterocycles. The first-order valence-electron chi connectivity index (χ1n) is 6.00. The smallest absolute Gasteiger partial charge is 0.320 e. The third-order valence-corrected chi connectivity index (χ3v) is 10.2. The van der Waals surface area contributed by atoms with E-state index in [0.29, 0.717) is 0 Å². The fourth-order valence-corrected chi connectivity index (χ4v) is 8.47. The van der Waals surface area contributed by atoms with Crippen LogP contribution in [0.5, 0.6) is 0 Å². The van der Waals surface area contributed by atoms with Gasteiger partial charge in [0, 0.05) is 0 Å². The largest absolute Gasteiger partial charge is 0.395 e. The highest BCUT2D eigenvalue weighted by Crippen LogP contribution is 2.61. The highest BCUT2D eigenvalue weighted by atomic mass is 31.2. The van der Waals surface area contributed by atoms with Crippen LogP contribution in [0.25, 0.3) is 0 Å². The quantitative estimate of drug-likeness (QED) is 0.183. The molecular weight excluding hydrogens is 402 g/mol. The van der Waals surface area contributed by atoms with Crippen LogP contribution in [0.4, 0.5) is 0 Å². The second-order valence-electron chi connectivity index (χ2n) is 4.78. The average Bonchev–Trinajstić information content (AvgIpc) is 2.17. The molecule has 0 spiro atoms. The minimum absolute atomic E-state index is 0.0532. The summed E-state index contributed by atoms with van der Waals surface area (Å²) >= 11 is 0. The van der Waals surface area contributed by atoms with Crippen LogP contribution in [0.1, 0.15) is 19.8 Å². The lowest BCUT2D eigenvalue weighted by molar-refractivity contribution is -0.902. The maximum atomic E-state index is 11.4. The lowest BCUT2D eigenvalue weighted by Crippen LogP contribution is -3.18. The van der Waals surface area contributed by atoms with Crippen LogP contribution >= 0.6 is 30.4 Å². The Balaban J connectivity index is 6.39. The van der Waals surface area contributed by atoms with Crippen molar-refractivity contribution >= 4 is 30.4 Å². The molecule has 0 atom stereocenters. The van der Waals surface area contributed by atoms with Gasteiger partial charge in [-0.2, -0.15) is 0 Å². The van der Waals surface area contributed by atoms with Gasteiger partial charge in [0.05, 0.1) is 6.54 Å². The molecule has 0 saturated heterocycles. The first-order chi connectivity index (χ1) is 9.94. The van der Waals surface area contributed by atoms with E-state index in [9.17, 15) is 18.3 Å². The van der Waals surface area contributed by atoms with Crippen molar-refractivity contribution in [3.05, 3.63) is 0 Å². The molecule has 0 bridgehead atoms. The molecule has 0 radical (unpaired) electrons. The maximum absolute atomic E-state index is 11.4. The molecule has 0 aromatic heterocycles. The molecule has 0 unspecified atom stereocenters. The summed E-state index contributed by atoms with van der Waals surface area (Å²) in [6.45, 7) is 0.865. The topological polar surface area (TPSA) is 235 Å². The monoisotopic (exact) mass is 422 g/mol. The van der Waals surface area contributed by atoms with Crippen molar-refractivity contribution in [2.75, 3.05) is 6.54 Å². The van der Waals surface area contributed by atoms with Gasteiger partial charge in [-0.3, -0.25) is 23.2 Å².